The van der Waals surface area contributed by atoms with Gasteiger partial charge in [0.05, 0.1) is 0 Å². The number of benzene rings is 1. The minimum absolute atomic E-state index is 0.592. The molecule has 1 aromatic rings. The Kier molecular flexibility index (Phi) is 2.67. The van der Waals surface area contributed by atoms with Gasteiger partial charge < -0.3 is 0 Å². The molecule has 0 unspecified atom stereocenters. The number of aliphatic imine (C=N–C) groups is 1. The van der Waals surface area contributed by atoms with Gasteiger partial charge in [0.2, 0.25) is 0 Å². The number of nitrogens with zero attached hydrogens (tertiary/aromatic N) is 1. The summed E-state index contributed by atoms with van der Waals surface area (Å²) in [6.07, 6.45) is 2.38. The van der Waals surface area contributed by atoms with Crippen LogP contribution in [-0.4, -0.2) is 12.3 Å². The van der Waals surface area contributed by atoms with E-state index in [1.54, 1.807) is 0 Å². The van der Waals surface area contributed by atoms with Gasteiger partial charge in [-0.2, -0.15) is 0 Å². The lowest BCUT2D eigenvalue weighted by Gasteiger charge is -2.12. The van der Waals surface area contributed by atoms with E-state index < -0.39 is 0 Å². The minimum atomic E-state index is 0.592. The standard InChI is InChI=1S/C13H17N/c1-10(2)11-6-3-4-7-12(11)13-8-5-9-14-13/h3-4,6-7,10H,5,8-9H2,1-2H3. The number of rotatable bonds is 2. The fraction of sp³-hybridized carbons (Fsp3) is 0.462. The third-order valence-corrected chi connectivity index (χ3v) is 2.77. The van der Waals surface area contributed by atoms with E-state index in [0.717, 1.165) is 13.0 Å². The molecule has 0 amide bonds. The van der Waals surface area contributed by atoms with Crippen LogP contribution in [0.5, 0.6) is 0 Å². The first-order valence-corrected chi connectivity index (χ1v) is 5.41. The smallest absolute Gasteiger partial charge is 0.0424 e. The van der Waals surface area contributed by atoms with Gasteiger partial charge in [-0.25, -0.2) is 0 Å². The highest BCUT2D eigenvalue weighted by Gasteiger charge is 2.13. The summed E-state index contributed by atoms with van der Waals surface area (Å²) in [6, 6.07) is 8.66. The highest BCUT2D eigenvalue weighted by molar-refractivity contribution is 6.02. The van der Waals surface area contributed by atoms with Gasteiger partial charge in [-0.05, 0) is 29.9 Å². The van der Waals surface area contributed by atoms with Crippen molar-refractivity contribution in [2.45, 2.75) is 32.6 Å². The number of hydrogen-bond acceptors (Lipinski definition) is 1. The third-order valence-electron chi connectivity index (χ3n) is 2.77. The van der Waals surface area contributed by atoms with E-state index in [9.17, 15) is 0 Å². The van der Waals surface area contributed by atoms with Crippen LogP contribution in [0, 0.1) is 0 Å². The van der Waals surface area contributed by atoms with Crippen LogP contribution in [0.4, 0.5) is 0 Å². The van der Waals surface area contributed by atoms with Crippen LogP contribution in [0.3, 0.4) is 0 Å². The van der Waals surface area contributed by atoms with Crippen LogP contribution in [0.1, 0.15) is 43.7 Å². The molecule has 1 nitrogen and oxygen atoms in total. The molecule has 0 atom stereocenters. The van der Waals surface area contributed by atoms with Crippen LogP contribution < -0.4 is 0 Å². The molecule has 1 heterocycles. The molecule has 1 heteroatoms. The summed E-state index contributed by atoms with van der Waals surface area (Å²) in [6.45, 7) is 5.50. The summed E-state index contributed by atoms with van der Waals surface area (Å²) in [5.74, 6) is 0.592. The Morgan fingerprint density at radius 1 is 1.21 bits per heavy atom. The molecule has 0 bridgehead atoms. The minimum Gasteiger partial charge on any atom is -0.289 e. The van der Waals surface area contributed by atoms with Crippen molar-refractivity contribution < 1.29 is 0 Å². The van der Waals surface area contributed by atoms with Gasteiger partial charge in [-0.15, -0.1) is 0 Å². The zero-order valence-electron chi connectivity index (χ0n) is 8.96. The lowest BCUT2D eigenvalue weighted by molar-refractivity contribution is 0.863. The highest BCUT2D eigenvalue weighted by atomic mass is 14.8. The fourth-order valence-electron chi connectivity index (χ4n) is 2.02. The van der Waals surface area contributed by atoms with Gasteiger partial charge in [0.25, 0.3) is 0 Å². The van der Waals surface area contributed by atoms with Crippen molar-refractivity contribution in [3.63, 3.8) is 0 Å². The molecule has 0 fully saturated rings. The van der Waals surface area contributed by atoms with E-state index in [4.69, 9.17) is 0 Å². The van der Waals surface area contributed by atoms with Gasteiger partial charge in [0, 0.05) is 12.3 Å². The zero-order valence-corrected chi connectivity index (χ0v) is 8.96. The second-order valence-corrected chi connectivity index (χ2v) is 4.17. The van der Waals surface area contributed by atoms with Crippen LogP contribution in [0.15, 0.2) is 29.3 Å². The highest BCUT2D eigenvalue weighted by Crippen LogP contribution is 2.23. The maximum atomic E-state index is 4.57. The Morgan fingerprint density at radius 3 is 2.64 bits per heavy atom. The molecule has 0 saturated carbocycles. The molecule has 0 radical (unpaired) electrons. The van der Waals surface area contributed by atoms with Crippen molar-refractivity contribution in [2.75, 3.05) is 6.54 Å². The Labute approximate surface area is 85.9 Å². The summed E-state index contributed by atoms with van der Waals surface area (Å²) in [5, 5.41) is 0. The maximum Gasteiger partial charge on any atom is 0.0424 e. The SMILES string of the molecule is CC(C)c1ccccc1C1=NCCC1. The fourth-order valence-corrected chi connectivity index (χ4v) is 2.02. The van der Waals surface area contributed by atoms with E-state index in [1.807, 2.05) is 0 Å². The molecule has 0 saturated heterocycles. The third kappa shape index (κ3) is 1.72. The average molecular weight is 187 g/mol. The van der Waals surface area contributed by atoms with Crippen LogP contribution in [0.2, 0.25) is 0 Å². The molecule has 0 aromatic heterocycles. The van der Waals surface area contributed by atoms with Crippen molar-refractivity contribution in [2.24, 2.45) is 4.99 Å². The van der Waals surface area contributed by atoms with Gasteiger partial charge in [-0.3, -0.25) is 4.99 Å². The summed E-state index contributed by atoms with van der Waals surface area (Å²) in [5.41, 5.74) is 4.13. The second-order valence-electron chi connectivity index (χ2n) is 4.17. The molecule has 14 heavy (non-hydrogen) atoms. The van der Waals surface area contributed by atoms with E-state index in [2.05, 4.69) is 43.1 Å². The van der Waals surface area contributed by atoms with E-state index in [0.29, 0.717) is 5.92 Å². The topological polar surface area (TPSA) is 12.4 Å². The first kappa shape index (κ1) is 9.45. The Balaban J connectivity index is 2.41. The quantitative estimate of drug-likeness (QED) is 0.673. The normalized spacial score (nSPS) is 16.1. The van der Waals surface area contributed by atoms with Crippen LogP contribution >= 0.6 is 0 Å². The predicted molar refractivity (Wildman–Crippen MR) is 61.2 cm³/mol. The van der Waals surface area contributed by atoms with E-state index in [-0.39, 0.29) is 0 Å². The van der Waals surface area contributed by atoms with Crippen molar-refractivity contribution in [3.05, 3.63) is 35.4 Å². The molecule has 0 spiro atoms. The second kappa shape index (κ2) is 3.95. The average Bonchev–Trinajstić information content (AvgIpc) is 2.70. The van der Waals surface area contributed by atoms with E-state index >= 15 is 0 Å². The summed E-state index contributed by atoms with van der Waals surface area (Å²) in [4.78, 5) is 4.57. The summed E-state index contributed by atoms with van der Waals surface area (Å²) >= 11 is 0. The summed E-state index contributed by atoms with van der Waals surface area (Å²) < 4.78 is 0. The van der Waals surface area contributed by atoms with Gasteiger partial charge in [0.1, 0.15) is 0 Å². The molecule has 2 rings (SSSR count). The van der Waals surface area contributed by atoms with E-state index in [1.165, 1.54) is 23.3 Å². The Hall–Kier alpha value is -1.11. The molecule has 0 aliphatic carbocycles. The Bertz CT molecular complexity index is 350. The predicted octanol–water partition coefficient (Wildman–Crippen LogP) is 3.39. The summed E-state index contributed by atoms with van der Waals surface area (Å²) in [7, 11) is 0. The molecule has 74 valence electrons. The molecular weight excluding hydrogens is 170 g/mol. The first-order valence-electron chi connectivity index (χ1n) is 5.41. The Morgan fingerprint density at radius 2 is 2.00 bits per heavy atom. The molecule has 1 aromatic carbocycles. The van der Waals surface area contributed by atoms with Crippen molar-refractivity contribution in [1.82, 2.24) is 0 Å². The van der Waals surface area contributed by atoms with Crippen LogP contribution in [0.25, 0.3) is 0 Å². The van der Waals surface area contributed by atoms with Gasteiger partial charge in [0.15, 0.2) is 0 Å². The molecular formula is C13H17N. The van der Waals surface area contributed by atoms with Gasteiger partial charge >= 0.3 is 0 Å². The maximum absolute atomic E-state index is 4.57. The zero-order chi connectivity index (χ0) is 9.97. The van der Waals surface area contributed by atoms with Crippen molar-refractivity contribution in [1.29, 1.82) is 0 Å². The van der Waals surface area contributed by atoms with Crippen molar-refractivity contribution >= 4 is 5.71 Å². The lowest BCUT2D eigenvalue weighted by Crippen LogP contribution is -2.03. The molecule has 1 aliphatic rings. The molecule has 0 N–H and O–H groups in total. The lowest BCUT2D eigenvalue weighted by atomic mass is 9.93. The molecule has 1 aliphatic heterocycles. The van der Waals surface area contributed by atoms with Crippen LogP contribution in [-0.2, 0) is 0 Å². The number of hydrogen-bond donors (Lipinski definition) is 0. The van der Waals surface area contributed by atoms with Gasteiger partial charge in [-0.1, -0.05) is 38.1 Å². The largest absolute Gasteiger partial charge is 0.289 e. The first-order chi connectivity index (χ1) is 6.79. The van der Waals surface area contributed by atoms with Crippen molar-refractivity contribution in [3.8, 4) is 0 Å². The monoisotopic (exact) mass is 187 g/mol.